The number of piperidine rings is 1. The number of amides is 1. The quantitative estimate of drug-likeness (QED) is 0.495. The van der Waals surface area contributed by atoms with Gasteiger partial charge in [-0.2, -0.15) is 26.3 Å². The number of alkyl halides is 6. The molecule has 0 radical (unpaired) electrons. The largest absolute Gasteiger partial charge is 0.434 e. The van der Waals surface area contributed by atoms with E-state index in [1.807, 2.05) is 23.1 Å². The second-order valence-corrected chi connectivity index (χ2v) is 10.6. The van der Waals surface area contributed by atoms with E-state index in [2.05, 4.69) is 10.1 Å². The van der Waals surface area contributed by atoms with Crippen LogP contribution in [0.15, 0.2) is 18.2 Å². The Morgan fingerprint density at radius 2 is 1.69 bits per heavy atom. The fourth-order valence-corrected chi connectivity index (χ4v) is 5.98. The molecule has 1 atom stereocenters. The number of nitrogens with one attached hydrogen (secondary N) is 1. The van der Waals surface area contributed by atoms with E-state index >= 15 is 0 Å². The van der Waals surface area contributed by atoms with E-state index in [-0.39, 0.29) is 13.1 Å². The van der Waals surface area contributed by atoms with Crippen LogP contribution >= 0.6 is 11.6 Å². The number of benzene rings is 1. The van der Waals surface area contributed by atoms with Gasteiger partial charge in [-0.05, 0) is 79.8 Å². The third kappa shape index (κ3) is 6.39. The molecule has 12 heteroatoms. The third-order valence-corrected chi connectivity index (χ3v) is 7.99. The van der Waals surface area contributed by atoms with Gasteiger partial charge < -0.3 is 15.0 Å². The van der Waals surface area contributed by atoms with Crippen LogP contribution in [0.3, 0.4) is 0 Å². The lowest BCUT2D eigenvalue weighted by molar-refractivity contribution is -0.308. The van der Waals surface area contributed by atoms with Gasteiger partial charge in [0.2, 0.25) is 0 Å². The lowest BCUT2D eigenvalue weighted by atomic mass is 9.76. The summed E-state index contributed by atoms with van der Waals surface area (Å²) in [4.78, 5) is 15.0. The molecule has 0 aromatic heterocycles. The average molecular weight is 542 g/mol. The van der Waals surface area contributed by atoms with E-state index in [9.17, 15) is 31.1 Å². The molecule has 1 aliphatic carbocycles. The second kappa shape index (κ2) is 10.6. The zero-order valence-corrected chi connectivity index (χ0v) is 20.5. The van der Waals surface area contributed by atoms with Gasteiger partial charge in [0.05, 0.1) is 0 Å². The maximum atomic E-state index is 12.7. The summed E-state index contributed by atoms with van der Waals surface area (Å²) in [6.07, 6.45) is -11.5. The van der Waals surface area contributed by atoms with Gasteiger partial charge in [0.1, 0.15) is 0 Å². The maximum absolute atomic E-state index is 12.7. The van der Waals surface area contributed by atoms with Crippen LogP contribution in [0.4, 0.5) is 31.1 Å². The summed E-state index contributed by atoms with van der Waals surface area (Å²) >= 11 is 6.33. The molecule has 36 heavy (non-hydrogen) atoms. The summed E-state index contributed by atoms with van der Waals surface area (Å²) in [5, 5.41) is 4.09. The third-order valence-electron chi connectivity index (χ3n) is 7.75. The van der Waals surface area contributed by atoms with Crippen LogP contribution in [0.1, 0.15) is 49.1 Å². The number of piperazine rings is 1. The first kappa shape index (κ1) is 27.3. The number of ether oxygens (including phenoxy) is 1. The first-order valence-corrected chi connectivity index (χ1v) is 12.5. The van der Waals surface area contributed by atoms with Crippen molar-refractivity contribution >= 4 is 17.7 Å². The molecule has 1 unspecified atom stereocenters. The molecular formula is C24H30ClF6N3O2. The van der Waals surface area contributed by atoms with E-state index in [0.29, 0.717) is 36.0 Å². The first-order chi connectivity index (χ1) is 16.9. The van der Waals surface area contributed by atoms with Gasteiger partial charge in [-0.1, -0.05) is 17.7 Å². The number of carbonyl (C=O) groups is 1. The highest BCUT2D eigenvalue weighted by atomic mass is 35.5. The summed E-state index contributed by atoms with van der Waals surface area (Å²) < 4.78 is 80.2. The predicted molar refractivity (Wildman–Crippen MR) is 122 cm³/mol. The van der Waals surface area contributed by atoms with E-state index in [4.69, 9.17) is 11.6 Å². The van der Waals surface area contributed by atoms with Gasteiger partial charge in [-0.25, -0.2) is 4.79 Å². The zero-order valence-electron chi connectivity index (χ0n) is 19.7. The number of rotatable bonds is 4. The maximum Gasteiger partial charge on any atom is 0.434 e. The molecule has 1 aromatic rings. The van der Waals surface area contributed by atoms with Crippen molar-refractivity contribution in [2.45, 2.75) is 63.0 Å². The summed E-state index contributed by atoms with van der Waals surface area (Å²) in [5.41, 5.74) is 2.69. The van der Waals surface area contributed by atoms with Crippen molar-refractivity contribution in [3.63, 3.8) is 0 Å². The number of hydrogen-bond acceptors (Lipinski definition) is 4. The molecule has 2 heterocycles. The number of hydrogen-bond donors (Lipinski definition) is 1. The minimum atomic E-state index is -5.73. The first-order valence-electron chi connectivity index (χ1n) is 12.2. The molecule has 5 nitrogen and oxygen atoms in total. The van der Waals surface area contributed by atoms with Crippen molar-refractivity contribution in [1.29, 1.82) is 0 Å². The zero-order chi connectivity index (χ0) is 26.1. The smallest absolute Gasteiger partial charge is 0.426 e. The molecule has 3 fully saturated rings. The predicted octanol–water partition coefficient (Wildman–Crippen LogP) is 5.72. The van der Waals surface area contributed by atoms with Gasteiger partial charge in [-0.3, -0.25) is 4.90 Å². The Hall–Kier alpha value is -1.72. The lowest BCUT2D eigenvalue weighted by Crippen LogP contribution is -2.52. The van der Waals surface area contributed by atoms with E-state index in [1.54, 1.807) is 0 Å². The number of nitrogens with zero attached hydrogens (tertiary/aromatic N) is 2. The molecule has 2 saturated heterocycles. The minimum absolute atomic E-state index is 0.0241. The Bertz CT molecular complexity index is 913. The number of halogens is 7. The van der Waals surface area contributed by atoms with Gasteiger partial charge in [0.25, 0.3) is 6.10 Å². The van der Waals surface area contributed by atoms with Crippen molar-refractivity contribution < 1.29 is 35.9 Å². The molecule has 1 spiro atoms. The van der Waals surface area contributed by atoms with Gasteiger partial charge in [0, 0.05) is 37.7 Å². The Morgan fingerprint density at radius 3 is 2.31 bits per heavy atom. The highest BCUT2D eigenvalue weighted by Crippen LogP contribution is 2.52. The Balaban J connectivity index is 1.36. The van der Waals surface area contributed by atoms with Crippen molar-refractivity contribution in [3.05, 3.63) is 34.3 Å². The SMILES string of the molecule is O=C(OC(C(F)(F)F)C(F)(F)F)N1CCN(Cc2ccc(Cl)cc2C2CCC3(CCNCC3)C2)CC1. The molecule has 1 aromatic carbocycles. The lowest BCUT2D eigenvalue weighted by Gasteiger charge is -2.36. The molecule has 0 bridgehead atoms. The van der Waals surface area contributed by atoms with Gasteiger partial charge in [0.15, 0.2) is 0 Å². The van der Waals surface area contributed by atoms with Crippen molar-refractivity contribution in [3.8, 4) is 0 Å². The van der Waals surface area contributed by atoms with Crippen LogP contribution in [0.25, 0.3) is 0 Å². The average Bonchev–Trinajstić information content (AvgIpc) is 3.20. The van der Waals surface area contributed by atoms with Crippen LogP contribution in [0, 0.1) is 5.41 Å². The van der Waals surface area contributed by atoms with Crippen LogP contribution in [-0.2, 0) is 11.3 Å². The van der Waals surface area contributed by atoms with E-state index < -0.39 is 24.5 Å². The monoisotopic (exact) mass is 541 g/mol. The Labute approximate surface area is 211 Å². The highest BCUT2D eigenvalue weighted by molar-refractivity contribution is 6.30. The van der Waals surface area contributed by atoms with Crippen molar-refractivity contribution in [1.82, 2.24) is 15.1 Å². The van der Waals surface area contributed by atoms with Crippen molar-refractivity contribution in [2.24, 2.45) is 5.41 Å². The van der Waals surface area contributed by atoms with Crippen LogP contribution < -0.4 is 5.32 Å². The van der Waals surface area contributed by atoms with Crippen molar-refractivity contribution in [2.75, 3.05) is 39.3 Å². The molecular weight excluding hydrogens is 512 g/mol. The topological polar surface area (TPSA) is 44.8 Å². The molecule has 1 N–H and O–H groups in total. The normalized spacial score (nSPS) is 23.4. The summed E-state index contributed by atoms with van der Waals surface area (Å²) in [6, 6.07) is 5.84. The van der Waals surface area contributed by atoms with Crippen LogP contribution in [0.5, 0.6) is 0 Å². The fourth-order valence-electron chi connectivity index (χ4n) is 5.80. The molecule has 1 amide bonds. The minimum Gasteiger partial charge on any atom is -0.426 e. The fraction of sp³-hybridized carbons (Fsp3) is 0.708. The summed E-state index contributed by atoms with van der Waals surface area (Å²) in [5.74, 6) is 0.398. The Kier molecular flexibility index (Phi) is 8.02. The molecule has 4 rings (SSSR count). The molecule has 202 valence electrons. The number of carbonyl (C=O) groups excluding carboxylic acids is 1. The van der Waals surface area contributed by atoms with E-state index in [0.717, 1.165) is 36.4 Å². The standard InChI is InChI=1S/C24H30ClF6N3O2/c25-18-2-1-17(19(13-18)16-3-4-22(14-16)5-7-32-8-6-22)15-33-9-11-34(12-10-33)21(35)36-20(23(26,27)28)24(29,30)31/h1-2,13,16,20,32H,3-12,14-15H2. The van der Waals surface area contributed by atoms with Crippen LogP contribution in [-0.4, -0.2) is 73.6 Å². The highest BCUT2D eigenvalue weighted by Gasteiger charge is 2.60. The van der Waals surface area contributed by atoms with Gasteiger partial charge in [-0.15, -0.1) is 0 Å². The van der Waals surface area contributed by atoms with Gasteiger partial charge >= 0.3 is 18.4 Å². The summed E-state index contributed by atoms with van der Waals surface area (Å²) in [6.45, 7) is 3.20. The second-order valence-electron chi connectivity index (χ2n) is 10.1. The molecule has 2 aliphatic heterocycles. The molecule has 3 aliphatic rings. The van der Waals surface area contributed by atoms with Crippen LogP contribution in [0.2, 0.25) is 5.02 Å². The summed E-state index contributed by atoms with van der Waals surface area (Å²) in [7, 11) is 0. The Morgan fingerprint density at radius 1 is 1.06 bits per heavy atom. The van der Waals surface area contributed by atoms with E-state index in [1.165, 1.54) is 24.8 Å². The molecule has 1 saturated carbocycles.